The number of halogens is 2. The Morgan fingerprint density at radius 1 is 1.17 bits per heavy atom. The van der Waals surface area contributed by atoms with Gasteiger partial charge < -0.3 is 15.2 Å². The molecule has 0 atom stereocenters. The van der Waals surface area contributed by atoms with E-state index in [0.717, 1.165) is 16.7 Å². The minimum Gasteiger partial charge on any atom is -0.508 e. The van der Waals surface area contributed by atoms with Crippen LogP contribution < -0.4 is 10.1 Å². The fourth-order valence-corrected chi connectivity index (χ4v) is 3.51. The second-order valence-corrected chi connectivity index (χ2v) is 7.84. The first-order chi connectivity index (χ1) is 14.3. The van der Waals surface area contributed by atoms with Crippen LogP contribution in [0.2, 0.25) is 10.0 Å². The van der Waals surface area contributed by atoms with Crippen LogP contribution in [0.25, 0.3) is 0 Å². The van der Waals surface area contributed by atoms with E-state index in [9.17, 15) is 9.90 Å². The van der Waals surface area contributed by atoms with Crippen LogP contribution in [0.1, 0.15) is 36.5 Å². The third-order valence-electron chi connectivity index (χ3n) is 4.43. The zero-order valence-electron chi connectivity index (χ0n) is 16.5. The number of nitrogens with one attached hydrogen (secondary N) is 1. The molecule has 0 unspecified atom stereocenters. The summed E-state index contributed by atoms with van der Waals surface area (Å²) in [6.45, 7) is 3.82. The van der Waals surface area contributed by atoms with Gasteiger partial charge in [0.2, 0.25) is 0 Å². The van der Waals surface area contributed by atoms with Crippen LogP contribution in [-0.2, 0) is 11.2 Å². The van der Waals surface area contributed by atoms with Crippen molar-refractivity contribution < 1.29 is 14.6 Å². The Labute approximate surface area is 184 Å². The lowest BCUT2D eigenvalue weighted by atomic mass is 9.96. The minimum atomic E-state index is -0.365. The van der Waals surface area contributed by atoms with Gasteiger partial charge in [0.25, 0.3) is 5.91 Å². The van der Waals surface area contributed by atoms with Gasteiger partial charge in [-0.2, -0.15) is 0 Å². The van der Waals surface area contributed by atoms with E-state index >= 15 is 0 Å². The number of amides is 1. The zero-order valence-corrected chi connectivity index (χ0v) is 18.0. The van der Waals surface area contributed by atoms with Crippen molar-refractivity contribution in [1.29, 1.82) is 0 Å². The van der Waals surface area contributed by atoms with E-state index in [1.54, 1.807) is 24.3 Å². The summed E-state index contributed by atoms with van der Waals surface area (Å²) in [6, 6.07) is 10.3. The maximum atomic E-state index is 12.0. The van der Waals surface area contributed by atoms with Crippen molar-refractivity contribution in [2.75, 3.05) is 11.9 Å². The summed E-state index contributed by atoms with van der Waals surface area (Å²) in [6.07, 6.45) is 3.37. The molecule has 0 aliphatic rings. The molecule has 30 heavy (non-hydrogen) atoms. The standard InChI is InChI=1S/C22H21Cl2N3O3/c1-13(2)16-7-14(3-4-20(16)28)8-17-18(23)9-15(10-19(17)24)30-11-22(29)27-21-5-6-25-12-26-21/h3-7,9-10,12-13,28H,8,11H2,1-2H3,(H,25,26,27,29). The van der Waals surface area contributed by atoms with Gasteiger partial charge in [0, 0.05) is 22.7 Å². The highest BCUT2D eigenvalue weighted by atomic mass is 35.5. The summed E-state index contributed by atoms with van der Waals surface area (Å²) < 4.78 is 5.52. The SMILES string of the molecule is CC(C)c1cc(Cc2c(Cl)cc(OCC(=O)Nc3ccncn3)cc2Cl)ccc1O. The lowest BCUT2D eigenvalue weighted by molar-refractivity contribution is -0.118. The molecule has 1 amide bonds. The van der Waals surface area contributed by atoms with Crippen molar-refractivity contribution in [2.24, 2.45) is 0 Å². The van der Waals surface area contributed by atoms with E-state index in [2.05, 4.69) is 15.3 Å². The van der Waals surface area contributed by atoms with Crippen LogP contribution in [0.4, 0.5) is 5.82 Å². The molecule has 0 saturated carbocycles. The van der Waals surface area contributed by atoms with E-state index in [4.69, 9.17) is 27.9 Å². The Balaban J connectivity index is 1.68. The number of nitrogens with zero attached hydrogens (tertiary/aromatic N) is 2. The molecule has 0 radical (unpaired) electrons. The van der Waals surface area contributed by atoms with Gasteiger partial charge in [-0.1, -0.05) is 49.2 Å². The van der Waals surface area contributed by atoms with Crippen molar-refractivity contribution in [3.8, 4) is 11.5 Å². The topological polar surface area (TPSA) is 84.3 Å². The predicted octanol–water partition coefficient (Wildman–Crippen LogP) is 5.22. The maximum Gasteiger partial charge on any atom is 0.263 e. The molecule has 1 aromatic heterocycles. The number of phenols is 1. The fourth-order valence-electron chi connectivity index (χ4n) is 2.90. The molecule has 1 heterocycles. The Kier molecular flexibility index (Phi) is 7.13. The highest BCUT2D eigenvalue weighted by Crippen LogP contribution is 2.34. The van der Waals surface area contributed by atoms with Crippen LogP contribution in [0.5, 0.6) is 11.5 Å². The average Bonchev–Trinajstić information content (AvgIpc) is 2.71. The summed E-state index contributed by atoms with van der Waals surface area (Å²) in [5, 5.41) is 13.5. The molecule has 0 saturated heterocycles. The van der Waals surface area contributed by atoms with Crippen LogP contribution in [0.3, 0.4) is 0 Å². The number of aromatic nitrogens is 2. The van der Waals surface area contributed by atoms with Crippen molar-refractivity contribution in [3.05, 3.63) is 75.7 Å². The van der Waals surface area contributed by atoms with E-state index in [0.29, 0.717) is 28.0 Å². The lowest BCUT2D eigenvalue weighted by Crippen LogP contribution is -2.20. The fraction of sp³-hybridized carbons (Fsp3) is 0.227. The van der Waals surface area contributed by atoms with E-state index < -0.39 is 0 Å². The first kappa shape index (κ1) is 21.9. The predicted molar refractivity (Wildman–Crippen MR) is 118 cm³/mol. The molecule has 8 heteroatoms. The van der Waals surface area contributed by atoms with Crippen LogP contribution in [-0.4, -0.2) is 27.6 Å². The number of phenolic OH excluding ortho intramolecular Hbond substituents is 1. The molecular formula is C22H21Cl2N3O3. The summed E-state index contributed by atoms with van der Waals surface area (Å²) >= 11 is 12.9. The minimum absolute atomic E-state index is 0.195. The number of hydrogen-bond donors (Lipinski definition) is 2. The molecule has 0 spiro atoms. The first-order valence-corrected chi connectivity index (χ1v) is 10.1. The van der Waals surface area contributed by atoms with Crippen molar-refractivity contribution in [1.82, 2.24) is 9.97 Å². The Morgan fingerprint density at radius 2 is 1.90 bits per heavy atom. The zero-order chi connectivity index (χ0) is 21.7. The number of carbonyl (C=O) groups excluding carboxylic acids is 1. The number of carbonyl (C=O) groups is 1. The molecule has 156 valence electrons. The third kappa shape index (κ3) is 5.62. The third-order valence-corrected chi connectivity index (χ3v) is 5.10. The van der Waals surface area contributed by atoms with Gasteiger partial charge in [0.05, 0.1) is 0 Å². The van der Waals surface area contributed by atoms with Gasteiger partial charge in [-0.05, 0) is 46.9 Å². The summed E-state index contributed by atoms with van der Waals surface area (Å²) in [5.74, 6) is 0.880. The molecular weight excluding hydrogens is 425 g/mol. The number of ether oxygens (including phenoxy) is 1. The number of aromatic hydroxyl groups is 1. The number of anilines is 1. The molecule has 0 bridgehead atoms. The second kappa shape index (κ2) is 9.78. The maximum absolute atomic E-state index is 12.0. The normalized spacial score (nSPS) is 10.8. The van der Waals surface area contributed by atoms with Gasteiger partial charge in [-0.3, -0.25) is 4.79 Å². The largest absolute Gasteiger partial charge is 0.508 e. The summed E-state index contributed by atoms with van der Waals surface area (Å²) in [7, 11) is 0. The number of benzene rings is 2. The van der Waals surface area contributed by atoms with Crippen LogP contribution >= 0.6 is 23.2 Å². The molecule has 0 aliphatic heterocycles. The average molecular weight is 446 g/mol. The van der Waals surface area contributed by atoms with Gasteiger partial charge in [0.15, 0.2) is 6.61 Å². The molecule has 3 aromatic rings. The van der Waals surface area contributed by atoms with Gasteiger partial charge in [-0.15, -0.1) is 0 Å². The van der Waals surface area contributed by atoms with Crippen molar-refractivity contribution in [3.63, 3.8) is 0 Å². The van der Waals surface area contributed by atoms with Crippen molar-refractivity contribution >= 4 is 34.9 Å². The Bertz CT molecular complexity index is 1020. The van der Waals surface area contributed by atoms with Crippen molar-refractivity contribution in [2.45, 2.75) is 26.2 Å². The van der Waals surface area contributed by atoms with Crippen LogP contribution in [0, 0.1) is 0 Å². The van der Waals surface area contributed by atoms with Crippen LogP contribution in [0.15, 0.2) is 48.9 Å². The van der Waals surface area contributed by atoms with E-state index in [1.165, 1.54) is 12.5 Å². The van der Waals surface area contributed by atoms with E-state index in [-0.39, 0.29) is 24.2 Å². The Morgan fingerprint density at radius 3 is 2.53 bits per heavy atom. The number of hydrogen-bond acceptors (Lipinski definition) is 5. The van der Waals surface area contributed by atoms with E-state index in [1.807, 2.05) is 26.0 Å². The Hall–Kier alpha value is -2.83. The monoisotopic (exact) mass is 445 g/mol. The molecule has 0 aliphatic carbocycles. The van der Waals surface area contributed by atoms with Gasteiger partial charge >= 0.3 is 0 Å². The quantitative estimate of drug-likeness (QED) is 0.520. The summed E-state index contributed by atoms with van der Waals surface area (Å²) in [4.78, 5) is 19.7. The summed E-state index contributed by atoms with van der Waals surface area (Å²) in [5.41, 5.74) is 2.60. The second-order valence-electron chi connectivity index (χ2n) is 7.02. The molecule has 0 fully saturated rings. The molecule has 6 nitrogen and oxygen atoms in total. The first-order valence-electron chi connectivity index (χ1n) is 9.32. The smallest absolute Gasteiger partial charge is 0.263 e. The lowest BCUT2D eigenvalue weighted by Gasteiger charge is -2.14. The highest BCUT2D eigenvalue weighted by Gasteiger charge is 2.13. The molecule has 2 aromatic carbocycles. The molecule has 3 rings (SSSR count). The van der Waals surface area contributed by atoms with Gasteiger partial charge in [-0.25, -0.2) is 9.97 Å². The highest BCUT2D eigenvalue weighted by molar-refractivity contribution is 6.36. The number of rotatable bonds is 7. The van der Waals surface area contributed by atoms with Gasteiger partial charge in [0.1, 0.15) is 23.6 Å². The molecule has 2 N–H and O–H groups in total.